The van der Waals surface area contributed by atoms with E-state index in [4.69, 9.17) is 4.52 Å². The van der Waals surface area contributed by atoms with Gasteiger partial charge in [-0.15, -0.1) is 0 Å². The van der Waals surface area contributed by atoms with Gasteiger partial charge in [0.2, 0.25) is 5.89 Å². The van der Waals surface area contributed by atoms with Crippen LogP contribution in [0.2, 0.25) is 0 Å². The minimum absolute atomic E-state index is 0.561. The van der Waals surface area contributed by atoms with Crippen molar-refractivity contribution in [1.29, 1.82) is 0 Å². The third-order valence-electron chi connectivity index (χ3n) is 3.33. The first kappa shape index (κ1) is 9.33. The SMILES string of the molecule is CC1CC1c1noc(CNCC2CC2)n1. The Morgan fingerprint density at radius 3 is 2.93 bits per heavy atom. The van der Waals surface area contributed by atoms with Crippen molar-refractivity contribution in [2.45, 2.75) is 38.6 Å². The molecule has 0 radical (unpaired) electrons. The van der Waals surface area contributed by atoms with Crippen LogP contribution in [0.25, 0.3) is 0 Å². The van der Waals surface area contributed by atoms with E-state index in [1.165, 1.54) is 19.3 Å². The average Bonchev–Trinajstić information content (AvgIpc) is 3.11. The molecule has 1 aromatic rings. The third kappa shape index (κ3) is 2.20. The summed E-state index contributed by atoms with van der Waals surface area (Å²) in [6, 6.07) is 0. The van der Waals surface area contributed by atoms with Gasteiger partial charge in [-0.2, -0.15) is 4.98 Å². The largest absolute Gasteiger partial charge is 0.338 e. The molecule has 2 saturated carbocycles. The van der Waals surface area contributed by atoms with Crippen LogP contribution < -0.4 is 5.32 Å². The summed E-state index contributed by atoms with van der Waals surface area (Å²) < 4.78 is 5.19. The van der Waals surface area contributed by atoms with Crippen molar-refractivity contribution in [1.82, 2.24) is 15.5 Å². The highest BCUT2D eigenvalue weighted by molar-refractivity contribution is 5.07. The molecule has 2 aliphatic carbocycles. The highest BCUT2D eigenvalue weighted by Gasteiger charge is 2.38. The molecule has 2 atom stereocenters. The van der Waals surface area contributed by atoms with Crippen LogP contribution in [0.1, 0.15) is 43.8 Å². The Morgan fingerprint density at radius 1 is 1.47 bits per heavy atom. The first-order valence-corrected chi connectivity index (χ1v) is 5.86. The smallest absolute Gasteiger partial charge is 0.240 e. The van der Waals surface area contributed by atoms with Gasteiger partial charge in [0.1, 0.15) is 0 Å². The molecular weight excluding hydrogens is 190 g/mol. The predicted octanol–water partition coefficient (Wildman–Crippen LogP) is 1.69. The Bertz CT molecular complexity index is 345. The molecule has 1 heterocycles. The second-order valence-electron chi connectivity index (χ2n) is 4.94. The van der Waals surface area contributed by atoms with E-state index >= 15 is 0 Å². The van der Waals surface area contributed by atoms with Crippen LogP contribution in [-0.2, 0) is 6.54 Å². The lowest BCUT2D eigenvalue weighted by Gasteiger charge is -1.97. The van der Waals surface area contributed by atoms with Crippen LogP contribution in [0.5, 0.6) is 0 Å². The lowest BCUT2D eigenvalue weighted by Crippen LogP contribution is -2.16. The van der Waals surface area contributed by atoms with E-state index < -0.39 is 0 Å². The third-order valence-corrected chi connectivity index (χ3v) is 3.33. The zero-order chi connectivity index (χ0) is 10.3. The minimum Gasteiger partial charge on any atom is -0.338 e. The van der Waals surface area contributed by atoms with Crippen LogP contribution in [0.15, 0.2) is 4.52 Å². The molecule has 3 rings (SSSR count). The molecule has 1 aromatic heterocycles. The Labute approximate surface area is 89.4 Å². The van der Waals surface area contributed by atoms with Crippen molar-refractivity contribution in [3.63, 3.8) is 0 Å². The molecule has 0 aromatic carbocycles. The fraction of sp³-hybridized carbons (Fsp3) is 0.818. The molecule has 0 spiro atoms. The van der Waals surface area contributed by atoms with E-state index in [2.05, 4.69) is 22.4 Å². The zero-order valence-electron chi connectivity index (χ0n) is 9.07. The van der Waals surface area contributed by atoms with E-state index in [1.54, 1.807) is 0 Å². The van der Waals surface area contributed by atoms with Gasteiger partial charge in [-0.05, 0) is 37.6 Å². The maximum Gasteiger partial charge on any atom is 0.240 e. The molecule has 2 aliphatic rings. The molecule has 0 bridgehead atoms. The van der Waals surface area contributed by atoms with Crippen molar-refractivity contribution in [2.75, 3.05) is 6.54 Å². The molecule has 1 N–H and O–H groups in total. The molecule has 0 aliphatic heterocycles. The van der Waals surface area contributed by atoms with Crippen molar-refractivity contribution >= 4 is 0 Å². The highest BCUT2D eigenvalue weighted by atomic mass is 16.5. The van der Waals surface area contributed by atoms with Crippen molar-refractivity contribution < 1.29 is 4.52 Å². The summed E-state index contributed by atoms with van der Waals surface area (Å²) >= 11 is 0. The summed E-state index contributed by atoms with van der Waals surface area (Å²) in [6.07, 6.45) is 3.97. The number of nitrogens with one attached hydrogen (secondary N) is 1. The number of hydrogen-bond acceptors (Lipinski definition) is 4. The Morgan fingerprint density at radius 2 is 2.27 bits per heavy atom. The summed E-state index contributed by atoms with van der Waals surface area (Å²) in [6.45, 7) is 4.05. The van der Waals surface area contributed by atoms with E-state index in [9.17, 15) is 0 Å². The fourth-order valence-corrected chi connectivity index (χ4v) is 1.88. The van der Waals surface area contributed by atoms with Crippen LogP contribution in [0, 0.1) is 11.8 Å². The van der Waals surface area contributed by atoms with Gasteiger partial charge in [0, 0.05) is 5.92 Å². The molecule has 0 amide bonds. The molecule has 2 fully saturated rings. The Balaban J connectivity index is 1.49. The summed E-state index contributed by atoms with van der Waals surface area (Å²) in [7, 11) is 0. The van der Waals surface area contributed by atoms with Gasteiger partial charge in [0.25, 0.3) is 0 Å². The molecule has 2 unspecified atom stereocenters. The van der Waals surface area contributed by atoms with Gasteiger partial charge < -0.3 is 9.84 Å². The maximum atomic E-state index is 5.19. The van der Waals surface area contributed by atoms with E-state index in [-0.39, 0.29) is 0 Å². The number of rotatable bonds is 5. The summed E-state index contributed by atoms with van der Waals surface area (Å²) in [5, 5.41) is 7.37. The average molecular weight is 207 g/mol. The summed E-state index contributed by atoms with van der Waals surface area (Å²) in [5.74, 6) is 3.85. The van der Waals surface area contributed by atoms with Crippen LogP contribution >= 0.6 is 0 Å². The van der Waals surface area contributed by atoms with Crippen LogP contribution in [0.4, 0.5) is 0 Å². The topological polar surface area (TPSA) is 51.0 Å². The van der Waals surface area contributed by atoms with Crippen molar-refractivity contribution in [3.05, 3.63) is 11.7 Å². The predicted molar refractivity (Wildman–Crippen MR) is 55.3 cm³/mol. The Hall–Kier alpha value is -0.900. The molecule has 0 saturated heterocycles. The summed E-state index contributed by atoms with van der Waals surface area (Å²) in [5.41, 5.74) is 0. The summed E-state index contributed by atoms with van der Waals surface area (Å²) in [4.78, 5) is 4.40. The lowest BCUT2D eigenvalue weighted by molar-refractivity contribution is 0.361. The molecule has 15 heavy (non-hydrogen) atoms. The molecule has 4 nitrogen and oxygen atoms in total. The van der Waals surface area contributed by atoms with Gasteiger partial charge in [0.15, 0.2) is 5.82 Å². The zero-order valence-corrected chi connectivity index (χ0v) is 9.07. The quantitative estimate of drug-likeness (QED) is 0.798. The van der Waals surface area contributed by atoms with E-state index in [0.29, 0.717) is 5.92 Å². The van der Waals surface area contributed by atoms with E-state index in [1.807, 2.05) is 0 Å². The fourth-order valence-electron chi connectivity index (χ4n) is 1.88. The van der Waals surface area contributed by atoms with E-state index in [0.717, 1.165) is 36.6 Å². The lowest BCUT2D eigenvalue weighted by atomic mass is 10.3. The van der Waals surface area contributed by atoms with Gasteiger partial charge in [-0.3, -0.25) is 0 Å². The molecular formula is C11H17N3O. The monoisotopic (exact) mass is 207 g/mol. The van der Waals surface area contributed by atoms with Crippen LogP contribution in [-0.4, -0.2) is 16.7 Å². The Kier molecular flexibility index (Phi) is 2.24. The highest BCUT2D eigenvalue weighted by Crippen LogP contribution is 2.45. The maximum absolute atomic E-state index is 5.19. The number of nitrogens with zero attached hydrogens (tertiary/aromatic N) is 2. The number of aromatic nitrogens is 2. The van der Waals surface area contributed by atoms with Gasteiger partial charge in [-0.1, -0.05) is 12.1 Å². The number of hydrogen-bond donors (Lipinski definition) is 1. The van der Waals surface area contributed by atoms with Crippen molar-refractivity contribution in [3.8, 4) is 0 Å². The second-order valence-corrected chi connectivity index (χ2v) is 4.94. The minimum atomic E-state index is 0.561. The van der Waals surface area contributed by atoms with Gasteiger partial charge in [-0.25, -0.2) is 0 Å². The van der Waals surface area contributed by atoms with Crippen LogP contribution in [0.3, 0.4) is 0 Å². The first-order chi connectivity index (χ1) is 7.33. The van der Waals surface area contributed by atoms with Gasteiger partial charge in [0.05, 0.1) is 6.54 Å². The normalized spacial score (nSPS) is 29.4. The molecule has 82 valence electrons. The standard InChI is InChI=1S/C11H17N3O/c1-7-4-9(7)11-13-10(15-14-11)6-12-5-8-2-3-8/h7-9,12H,2-6H2,1H3. The van der Waals surface area contributed by atoms with Gasteiger partial charge >= 0.3 is 0 Å². The van der Waals surface area contributed by atoms with Crippen molar-refractivity contribution in [2.24, 2.45) is 11.8 Å². The second kappa shape index (κ2) is 3.59. The first-order valence-electron chi connectivity index (χ1n) is 5.86. The molecule has 4 heteroatoms.